The molecule has 0 radical (unpaired) electrons. The summed E-state index contributed by atoms with van der Waals surface area (Å²) in [6.45, 7) is 1.04. The Labute approximate surface area is 131 Å². The topological polar surface area (TPSA) is 72.4 Å². The Morgan fingerprint density at radius 3 is 2.68 bits per heavy atom. The molecule has 1 aromatic rings. The van der Waals surface area contributed by atoms with E-state index in [4.69, 9.17) is 4.74 Å². The first-order valence-corrected chi connectivity index (χ1v) is 9.60. The molecule has 2 fully saturated rings. The Balaban J connectivity index is 1.64. The highest BCUT2D eigenvalue weighted by atomic mass is 32.2. The highest BCUT2D eigenvalue weighted by Gasteiger charge is 2.36. The van der Waals surface area contributed by atoms with E-state index in [1.807, 2.05) is 0 Å². The first-order chi connectivity index (χ1) is 10.7. The Hall–Kier alpha value is -1.21. The summed E-state index contributed by atoms with van der Waals surface area (Å²) in [6, 6.07) is 3.52. The Bertz CT molecular complexity index is 573. The summed E-state index contributed by atoms with van der Waals surface area (Å²) in [5, 5.41) is 7.50. The summed E-state index contributed by atoms with van der Waals surface area (Å²) in [7, 11) is -3.19. The molecule has 2 aliphatic rings. The van der Waals surface area contributed by atoms with Crippen molar-refractivity contribution in [3.05, 3.63) is 18.3 Å². The van der Waals surface area contributed by atoms with Crippen LogP contribution in [0.4, 0.5) is 0 Å². The predicted molar refractivity (Wildman–Crippen MR) is 83.0 cm³/mol. The van der Waals surface area contributed by atoms with E-state index >= 15 is 0 Å². The van der Waals surface area contributed by atoms with Crippen molar-refractivity contribution in [3.8, 4) is 5.88 Å². The number of piperidine rings is 1. The van der Waals surface area contributed by atoms with Gasteiger partial charge in [-0.3, -0.25) is 0 Å². The van der Waals surface area contributed by atoms with Crippen molar-refractivity contribution in [2.24, 2.45) is 0 Å². The average molecular weight is 325 g/mol. The van der Waals surface area contributed by atoms with E-state index in [9.17, 15) is 8.42 Å². The molecular formula is C15H23N3O3S. The quantitative estimate of drug-likeness (QED) is 0.846. The minimum atomic E-state index is -3.19. The third-order valence-corrected chi connectivity index (χ3v) is 6.87. The molecule has 1 aliphatic carbocycles. The lowest BCUT2D eigenvalue weighted by atomic mass is 10.0. The van der Waals surface area contributed by atoms with Crippen LogP contribution in [0.15, 0.2) is 18.3 Å². The summed E-state index contributed by atoms with van der Waals surface area (Å²) in [5.41, 5.74) is 0. The largest absolute Gasteiger partial charge is 0.472 e. The first-order valence-electron chi connectivity index (χ1n) is 8.09. The van der Waals surface area contributed by atoms with Gasteiger partial charge in [-0.15, -0.1) is 5.10 Å². The molecule has 122 valence electrons. The van der Waals surface area contributed by atoms with Crippen molar-refractivity contribution in [2.75, 3.05) is 13.1 Å². The highest BCUT2D eigenvalue weighted by molar-refractivity contribution is 7.89. The fourth-order valence-electron chi connectivity index (χ4n) is 3.33. The summed E-state index contributed by atoms with van der Waals surface area (Å²) in [6.07, 6.45) is 7.95. The zero-order valence-corrected chi connectivity index (χ0v) is 13.5. The minimum Gasteiger partial charge on any atom is -0.472 e. The molecule has 0 N–H and O–H groups in total. The van der Waals surface area contributed by atoms with E-state index in [1.165, 1.54) is 0 Å². The number of hydrogen-bond acceptors (Lipinski definition) is 5. The third kappa shape index (κ3) is 3.57. The number of nitrogens with zero attached hydrogens (tertiary/aromatic N) is 3. The molecule has 1 unspecified atom stereocenters. The van der Waals surface area contributed by atoms with Gasteiger partial charge >= 0.3 is 0 Å². The molecule has 0 spiro atoms. The van der Waals surface area contributed by atoms with Gasteiger partial charge in [0.15, 0.2) is 0 Å². The highest BCUT2D eigenvalue weighted by Crippen LogP contribution is 2.28. The van der Waals surface area contributed by atoms with Gasteiger partial charge in [0.1, 0.15) is 6.10 Å². The lowest BCUT2D eigenvalue weighted by molar-refractivity contribution is 0.122. The Kier molecular flexibility index (Phi) is 4.93. The van der Waals surface area contributed by atoms with Crippen LogP contribution in [0.25, 0.3) is 0 Å². The van der Waals surface area contributed by atoms with Crippen molar-refractivity contribution < 1.29 is 13.2 Å². The Morgan fingerprint density at radius 1 is 1.14 bits per heavy atom. The van der Waals surface area contributed by atoms with E-state index in [1.54, 1.807) is 22.6 Å². The fraction of sp³-hybridized carbons (Fsp3) is 0.733. The van der Waals surface area contributed by atoms with Crippen molar-refractivity contribution in [3.63, 3.8) is 0 Å². The predicted octanol–water partition coefficient (Wildman–Crippen LogP) is 1.98. The van der Waals surface area contributed by atoms with E-state index in [-0.39, 0.29) is 11.4 Å². The van der Waals surface area contributed by atoms with E-state index in [0.717, 1.165) is 44.9 Å². The van der Waals surface area contributed by atoms with E-state index in [0.29, 0.717) is 19.0 Å². The van der Waals surface area contributed by atoms with Gasteiger partial charge in [0.05, 0.1) is 11.8 Å². The maximum absolute atomic E-state index is 12.8. The van der Waals surface area contributed by atoms with E-state index < -0.39 is 10.0 Å². The van der Waals surface area contributed by atoms with Crippen molar-refractivity contribution in [1.29, 1.82) is 0 Å². The van der Waals surface area contributed by atoms with Crippen LogP contribution >= 0.6 is 0 Å². The standard InChI is InChI=1S/C15H23N3O3S/c19-22(20,14-7-2-1-3-8-14)18-11-5-6-13(12-18)21-15-9-4-10-16-17-15/h4,9-10,13-14H,1-3,5-8,11-12H2. The molecule has 1 aliphatic heterocycles. The van der Waals surface area contributed by atoms with Crippen LogP contribution < -0.4 is 4.74 Å². The van der Waals surface area contributed by atoms with Crippen molar-refractivity contribution >= 4 is 10.0 Å². The monoisotopic (exact) mass is 325 g/mol. The van der Waals surface area contributed by atoms with Gasteiger partial charge in [0.2, 0.25) is 15.9 Å². The van der Waals surface area contributed by atoms with Gasteiger partial charge in [0, 0.05) is 18.8 Å². The zero-order valence-electron chi connectivity index (χ0n) is 12.7. The molecule has 0 bridgehead atoms. The SMILES string of the molecule is O=S(=O)(C1CCCCC1)N1CCCC(Oc2cccnn2)C1. The minimum absolute atomic E-state index is 0.135. The van der Waals surface area contributed by atoms with Crippen LogP contribution in [0.5, 0.6) is 5.88 Å². The van der Waals surface area contributed by atoms with Crippen LogP contribution in [-0.4, -0.2) is 47.4 Å². The number of rotatable bonds is 4. The normalized spacial score (nSPS) is 25.0. The average Bonchev–Trinajstić information content (AvgIpc) is 2.57. The van der Waals surface area contributed by atoms with Gasteiger partial charge in [-0.1, -0.05) is 19.3 Å². The lowest BCUT2D eigenvalue weighted by Gasteiger charge is -2.35. The maximum atomic E-state index is 12.8. The Morgan fingerprint density at radius 2 is 1.95 bits per heavy atom. The lowest BCUT2D eigenvalue weighted by Crippen LogP contribution is -2.48. The van der Waals surface area contributed by atoms with Crippen LogP contribution in [0, 0.1) is 0 Å². The van der Waals surface area contributed by atoms with Gasteiger partial charge < -0.3 is 4.74 Å². The van der Waals surface area contributed by atoms with Crippen LogP contribution in [-0.2, 0) is 10.0 Å². The smallest absolute Gasteiger partial charge is 0.233 e. The van der Waals surface area contributed by atoms with Crippen LogP contribution in [0.3, 0.4) is 0 Å². The second-order valence-electron chi connectivity index (χ2n) is 6.11. The number of aromatic nitrogens is 2. The van der Waals surface area contributed by atoms with E-state index in [2.05, 4.69) is 10.2 Å². The third-order valence-electron chi connectivity index (χ3n) is 4.51. The number of sulfonamides is 1. The second kappa shape index (κ2) is 6.91. The molecule has 3 rings (SSSR count). The van der Waals surface area contributed by atoms with Gasteiger partial charge in [-0.2, -0.15) is 9.40 Å². The summed E-state index contributed by atoms with van der Waals surface area (Å²) < 4.78 is 33.0. The maximum Gasteiger partial charge on any atom is 0.233 e. The zero-order chi connectivity index (χ0) is 15.4. The second-order valence-corrected chi connectivity index (χ2v) is 8.32. The molecule has 22 heavy (non-hydrogen) atoms. The van der Waals surface area contributed by atoms with Crippen LogP contribution in [0.2, 0.25) is 0 Å². The fourth-order valence-corrected chi connectivity index (χ4v) is 5.44. The molecule has 7 heteroatoms. The molecule has 2 heterocycles. The molecule has 1 atom stereocenters. The van der Waals surface area contributed by atoms with Crippen molar-refractivity contribution in [2.45, 2.75) is 56.3 Å². The molecule has 1 saturated carbocycles. The first kappa shape index (κ1) is 15.7. The van der Waals surface area contributed by atoms with Crippen molar-refractivity contribution in [1.82, 2.24) is 14.5 Å². The van der Waals surface area contributed by atoms with Gasteiger partial charge in [-0.25, -0.2) is 8.42 Å². The summed E-state index contributed by atoms with van der Waals surface area (Å²) >= 11 is 0. The molecule has 1 aromatic heterocycles. The number of hydrogen-bond donors (Lipinski definition) is 0. The van der Waals surface area contributed by atoms with Crippen LogP contribution in [0.1, 0.15) is 44.9 Å². The van der Waals surface area contributed by atoms with Gasteiger partial charge in [-0.05, 0) is 31.7 Å². The molecular weight excluding hydrogens is 302 g/mol. The summed E-state index contributed by atoms with van der Waals surface area (Å²) in [5.74, 6) is 0.462. The summed E-state index contributed by atoms with van der Waals surface area (Å²) in [4.78, 5) is 0. The number of ether oxygens (including phenoxy) is 1. The molecule has 1 saturated heterocycles. The van der Waals surface area contributed by atoms with Gasteiger partial charge in [0.25, 0.3) is 0 Å². The molecule has 6 nitrogen and oxygen atoms in total. The molecule has 0 amide bonds. The molecule has 0 aromatic carbocycles.